The number of carbonyl (C=O) groups is 2. The van der Waals surface area contributed by atoms with E-state index < -0.39 is 17.7 Å². The smallest absolute Gasteiger partial charge is 0.300 e. The highest BCUT2D eigenvalue weighted by Gasteiger charge is 2.48. The molecule has 0 saturated carbocycles. The predicted molar refractivity (Wildman–Crippen MR) is 149 cm³/mol. The van der Waals surface area contributed by atoms with Crippen LogP contribution in [-0.4, -0.2) is 44.2 Å². The van der Waals surface area contributed by atoms with E-state index in [1.54, 1.807) is 66.7 Å². The Kier molecular flexibility index (Phi) is 8.44. The molecule has 1 unspecified atom stereocenters. The standard InChI is InChI=1S/C31H33NO7/c1-6-38-26-17-20(14-15-25(26)37-5)28-27(29(33)21-10-9-11-22(16-21)39-18-19(2)3)30(34)31(35)32(28)23-12-7-8-13-24(23)36-4/h7-17,19,28,33H,6,18H2,1-5H3/b29-27-. The Morgan fingerprint density at radius 2 is 1.64 bits per heavy atom. The van der Waals surface area contributed by atoms with E-state index in [0.717, 1.165) is 0 Å². The summed E-state index contributed by atoms with van der Waals surface area (Å²) in [5.41, 5.74) is 1.25. The van der Waals surface area contributed by atoms with Gasteiger partial charge in [-0.15, -0.1) is 0 Å². The highest BCUT2D eigenvalue weighted by atomic mass is 16.5. The molecule has 1 amide bonds. The topological polar surface area (TPSA) is 94.5 Å². The molecule has 8 nitrogen and oxygen atoms in total. The number of rotatable bonds is 10. The fourth-order valence-electron chi connectivity index (χ4n) is 4.51. The average Bonchev–Trinajstić information content (AvgIpc) is 3.21. The molecular formula is C31H33NO7. The molecule has 3 aromatic rings. The molecule has 0 aromatic heterocycles. The van der Waals surface area contributed by atoms with E-state index in [1.165, 1.54) is 19.1 Å². The molecule has 0 aliphatic carbocycles. The second kappa shape index (κ2) is 11.9. The fourth-order valence-corrected chi connectivity index (χ4v) is 4.51. The van der Waals surface area contributed by atoms with Crippen molar-refractivity contribution in [1.29, 1.82) is 0 Å². The van der Waals surface area contributed by atoms with Gasteiger partial charge in [0.1, 0.15) is 17.3 Å². The number of methoxy groups -OCH3 is 2. The lowest BCUT2D eigenvalue weighted by Gasteiger charge is -2.27. The summed E-state index contributed by atoms with van der Waals surface area (Å²) >= 11 is 0. The van der Waals surface area contributed by atoms with Crippen molar-refractivity contribution >= 4 is 23.1 Å². The first-order valence-corrected chi connectivity index (χ1v) is 12.8. The lowest BCUT2D eigenvalue weighted by Crippen LogP contribution is -2.29. The van der Waals surface area contributed by atoms with Crippen LogP contribution in [0.25, 0.3) is 5.76 Å². The molecule has 1 aliphatic heterocycles. The molecule has 3 aromatic carbocycles. The number of nitrogens with zero attached hydrogens (tertiary/aromatic N) is 1. The Bertz CT molecular complexity index is 1400. The zero-order valence-corrected chi connectivity index (χ0v) is 22.8. The number of aliphatic hydroxyl groups excluding tert-OH is 1. The summed E-state index contributed by atoms with van der Waals surface area (Å²) in [6, 6.07) is 18.0. The zero-order valence-electron chi connectivity index (χ0n) is 22.8. The van der Waals surface area contributed by atoms with E-state index in [1.807, 2.05) is 20.8 Å². The lowest BCUT2D eigenvalue weighted by molar-refractivity contribution is -0.132. The fraction of sp³-hybridized carbons (Fsp3) is 0.290. The van der Waals surface area contributed by atoms with E-state index in [9.17, 15) is 14.7 Å². The van der Waals surface area contributed by atoms with Crippen molar-refractivity contribution in [3.05, 3.63) is 83.4 Å². The Hall–Kier alpha value is -4.46. The van der Waals surface area contributed by atoms with Gasteiger partial charge in [0.2, 0.25) is 0 Å². The van der Waals surface area contributed by atoms with Crippen molar-refractivity contribution in [2.24, 2.45) is 5.92 Å². The first-order valence-electron chi connectivity index (χ1n) is 12.8. The number of carbonyl (C=O) groups excluding carboxylic acids is 2. The first kappa shape index (κ1) is 27.6. The Labute approximate surface area is 228 Å². The van der Waals surface area contributed by atoms with Gasteiger partial charge >= 0.3 is 0 Å². The molecule has 0 radical (unpaired) electrons. The maximum Gasteiger partial charge on any atom is 0.300 e. The molecule has 1 heterocycles. The van der Waals surface area contributed by atoms with Gasteiger partial charge in [0.15, 0.2) is 11.5 Å². The molecule has 204 valence electrons. The molecule has 8 heteroatoms. The van der Waals surface area contributed by atoms with Crippen LogP contribution in [0.4, 0.5) is 5.69 Å². The van der Waals surface area contributed by atoms with Crippen molar-refractivity contribution in [2.75, 3.05) is 32.3 Å². The SMILES string of the molecule is CCOc1cc(C2/C(=C(/O)c3cccc(OCC(C)C)c3)C(=O)C(=O)N2c2ccccc2OC)ccc1OC. The number of para-hydroxylation sites is 2. The van der Waals surface area contributed by atoms with Crippen LogP contribution in [0, 0.1) is 5.92 Å². The van der Waals surface area contributed by atoms with E-state index in [2.05, 4.69) is 0 Å². The molecule has 4 rings (SSSR count). The number of ether oxygens (including phenoxy) is 4. The van der Waals surface area contributed by atoms with Gasteiger partial charge < -0.3 is 24.1 Å². The van der Waals surface area contributed by atoms with Crippen LogP contribution in [0.3, 0.4) is 0 Å². The molecule has 39 heavy (non-hydrogen) atoms. The monoisotopic (exact) mass is 531 g/mol. The van der Waals surface area contributed by atoms with E-state index >= 15 is 0 Å². The second-order valence-electron chi connectivity index (χ2n) is 9.42. The number of anilines is 1. The minimum Gasteiger partial charge on any atom is -0.507 e. The van der Waals surface area contributed by atoms with Gasteiger partial charge in [0.05, 0.1) is 44.7 Å². The number of hydrogen-bond donors (Lipinski definition) is 1. The Balaban J connectivity index is 1.93. The van der Waals surface area contributed by atoms with Crippen LogP contribution >= 0.6 is 0 Å². The van der Waals surface area contributed by atoms with Crippen molar-refractivity contribution in [2.45, 2.75) is 26.8 Å². The van der Waals surface area contributed by atoms with Gasteiger partial charge in [-0.3, -0.25) is 14.5 Å². The van der Waals surface area contributed by atoms with Crippen LogP contribution in [-0.2, 0) is 9.59 Å². The van der Waals surface area contributed by atoms with Crippen molar-refractivity contribution < 1.29 is 33.6 Å². The maximum absolute atomic E-state index is 13.6. The van der Waals surface area contributed by atoms with Gasteiger partial charge in [-0.05, 0) is 54.8 Å². The van der Waals surface area contributed by atoms with Crippen molar-refractivity contribution in [1.82, 2.24) is 0 Å². The Morgan fingerprint density at radius 1 is 0.897 bits per heavy atom. The number of benzene rings is 3. The predicted octanol–water partition coefficient (Wildman–Crippen LogP) is 5.76. The maximum atomic E-state index is 13.6. The zero-order chi connectivity index (χ0) is 28.1. The van der Waals surface area contributed by atoms with Gasteiger partial charge in [-0.25, -0.2) is 0 Å². The van der Waals surface area contributed by atoms with Crippen LogP contribution in [0.1, 0.15) is 37.9 Å². The summed E-state index contributed by atoms with van der Waals surface area (Å²) in [6.45, 7) is 6.80. The summed E-state index contributed by atoms with van der Waals surface area (Å²) in [5, 5.41) is 11.5. The highest BCUT2D eigenvalue weighted by molar-refractivity contribution is 6.52. The third-order valence-electron chi connectivity index (χ3n) is 6.28. The average molecular weight is 532 g/mol. The molecule has 0 bridgehead atoms. The minimum absolute atomic E-state index is 0.0560. The summed E-state index contributed by atoms with van der Waals surface area (Å²) in [4.78, 5) is 28.5. The Morgan fingerprint density at radius 3 is 2.33 bits per heavy atom. The summed E-state index contributed by atoms with van der Waals surface area (Å²) in [7, 11) is 3.03. The van der Waals surface area contributed by atoms with E-state index in [-0.39, 0.29) is 11.3 Å². The van der Waals surface area contributed by atoms with Crippen LogP contribution in [0.2, 0.25) is 0 Å². The normalized spacial score (nSPS) is 16.5. The summed E-state index contributed by atoms with van der Waals surface area (Å²) < 4.78 is 22.6. The lowest BCUT2D eigenvalue weighted by atomic mass is 9.94. The number of ketones is 1. The number of aliphatic hydroxyl groups is 1. The number of hydrogen-bond acceptors (Lipinski definition) is 7. The van der Waals surface area contributed by atoms with Gasteiger partial charge in [-0.1, -0.05) is 44.2 Å². The molecule has 1 N–H and O–H groups in total. The molecule has 1 fully saturated rings. The van der Waals surface area contributed by atoms with Crippen LogP contribution < -0.4 is 23.8 Å². The van der Waals surface area contributed by atoms with Crippen LogP contribution in [0.5, 0.6) is 23.0 Å². The van der Waals surface area contributed by atoms with Gasteiger partial charge in [-0.2, -0.15) is 0 Å². The largest absolute Gasteiger partial charge is 0.507 e. The third-order valence-corrected chi connectivity index (χ3v) is 6.28. The quantitative estimate of drug-likeness (QED) is 0.202. The second-order valence-corrected chi connectivity index (χ2v) is 9.42. The molecule has 0 spiro atoms. The summed E-state index contributed by atoms with van der Waals surface area (Å²) in [6.07, 6.45) is 0. The molecular weight excluding hydrogens is 498 g/mol. The minimum atomic E-state index is -0.966. The van der Waals surface area contributed by atoms with Crippen molar-refractivity contribution in [3.8, 4) is 23.0 Å². The van der Waals surface area contributed by atoms with Gasteiger partial charge in [0.25, 0.3) is 11.7 Å². The van der Waals surface area contributed by atoms with Crippen molar-refractivity contribution in [3.63, 3.8) is 0 Å². The van der Waals surface area contributed by atoms with E-state index in [4.69, 9.17) is 18.9 Å². The third kappa shape index (κ3) is 5.55. The molecule has 1 saturated heterocycles. The van der Waals surface area contributed by atoms with Gasteiger partial charge in [0, 0.05) is 5.56 Å². The number of Topliss-reactive ketones (excluding diaryl/α,β-unsaturated/α-hetero) is 1. The highest BCUT2D eigenvalue weighted by Crippen LogP contribution is 2.46. The van der Waals surface area contributed by atoms with Crippen LogP contribution in [0.15, 0.2) is 72.3 Å². The number of amides is 1. The molecule has 1 aliphatic rings. The molecule has 1 atom stereocenters. The first-order chi connectivity index (χ1) is 18.8. The van der Waals surface area contributed by atoms with E-state index in [0.29, 0.717) is 58.9 Å². The summed E-state index contributed by atoms with van der Waals surface area (Å²) in [5.74, 6) is 0.315.